The van der Waals surface area contributed by atoms with E-state index in [9.17, 15) is 19.6 Å². The summed E-state index contributed by atoms with van der Waals surface area (Å²) in [5.41, 5.74) is -0.00631. The van der Waals surface area contributed by atoms with Crippen molar-refractivity contribution >= 4 is 45.8 Å². The number of hydrogen-bond acceptors (Lipinski definition) is 5. The Labute approximate surface area is 219 Å². The summed E-state index contributed by atoms with van der Waals surface area (Å²) in [5, 5.41) is 14.4. The topological polar surface area (TPSA) is 99.5 Å². The second kappa shape index (κ2) is 8.41. The molecule has 3 amide bonds. The monoisotopic (exact) mass is 513 g/mol. The predicted molar refractivity (Wildman–Crippen MR) is 138 cm³/mol. The number of carbonyl (C=O) groups is 3. The molecule has 1 unspecified atom stereocenters. The Bertz CT molecular complexity index is 1510. The summed E-state index contributed by atoms with van der Waals surface area (Å²) in [6, 6.07) is 19.9. The van der Waals surface area contributed by atoms with E-state index in [-0.39, 0.29) is 24.1 Å². The Balaban J connectivity index is 1.31. The number of rotatable bonds is 5. The van der Waals surface area contributed by atoms with E-state index in [0.29, 0.717) is 46.4 Å². The van der Waals surface area contributed by atoms with Gasteiger partial charge in [-0.2, -0.15) is 5.26 Å². The molecule has 186 valence electrons. The van der Waals surface area contributed by atoms with E-state index in [1.807, 2.05) is 43.3 Å². The SMILES string of the molecule is C[C@]12CCC(CC(=O)NCc3ccc(Cl)cc3)(O1)[C@@H]1C(=O)N(c3ccc(C#N)c4ccccc34)C(=O)[C@@H]12. The first kappa shape index (κ1) is 23.7. The maximum absolute atomic E-state index is 13.9. The highest BCUT2D eigenvalue weighted by molar-refractivity contribution is 6.30. The van der Waals surface area contributed by atoms with Crippen molar-refractivity contribution in [3.8, 4) is 6.07 Å². The molecule has 3 aliphatic heterocycles. The molecule has 0 radical (unpaired) electrons. The zero-order valence-electron chi connectivity index (χ0n) is 20.2. The van der Waals surface area contributed by atoms with Gasteiger partial charge in [-0.1, -0.05) is 48.0 Å². The van der Waals surface area contributed by atoms with Crippen molar-refractivity contribution in [1.29, 1.82) is 5.26 Å². The lowest BCUT2D eigenvalue weighted by molar-refractivity contribution is -0.135. The second-order valence-corrected chi connectivity index (χ2v) is 10.8. The molecule has 3 aromatic carbocycles. The second-order valence-electron chi connectivity index (χ2n) is 10.3. The van der Waals surface area contributed by atoms with Crippen LogP contribution in [0, 0.1) is 23.2 Å². The van der Waals surface area contributed by atoms with Crippen LogP contribution in [-0.2, 0) is 25.7 Å². The number of amides is 3. The largest absolute Gasteiger partial charge is 0.367 e. The van der Waals surface area contributed by atoms with E-state index < -0.39 is 23.0 Å². The van der Waals surface area contributed by atoms with Gasteiger partial charge in [0.05, 0.1) is 46.8 Å². The molecule has 1 N–H and O–H groups in total. The third-order valence-corrected chi connectivity index (χ3v) is 8.39. The van der Waals surface area contributed by atoms with Crippen LogP contribution in [0.15, 0.2) is 60.7 Å². The lowest BCUT2D eigenvalue weighted by atomic mass is 9.67. The van der Waals surface area contributed by atoms with Crippen LogP contribution in [0.3, 0.4) is 0 Å². The fourth-order valence-electron chi connectivity index (χ4n) is 6.46. The Hall–Kier alpha value is -3.73. The van der Waals surface area contributed by atoms with E-state index in [0.717, 1.165) is 5.56 Å². The van der Waals surface area contributed by atoms with Crippen LogP contribution in [0.4, 0.5) is 5.69 Å². The van der Waals surface area contributed by atoms with Gasteiger partial charge in [0, 0.05) is 22.3 Å². The molecule has 7 nitrogen and oxygen atoms in total. The minimum atomic E-state index is -1.03. The van der Waals surface area contributed by atoms with E-state index in [1.54, 1.807) is 24.3 Å². The highest BCUT2D eigenvalue weighted by Crippen LogP contribution is 2.62. The molecule has 3 aliphatic rings. The fourth-order valence-corrected chi connectivity index (χ4v) is 6.59. The molecule has 0 saturated carbocycles. The molecule has 8 heteroatoms. The van der Waals surface area contributed by atoms with Crippen LogP contribution in [0.5, 0.6) is 0 Å². The number of halogens is 1. The third kappa shape index (κ3) is 3.55. The lowest BCUT2D eigenvalue weighted by Crippen LogP contribution is -2.45. The lowest BCUT2D eigenvalue weighted by Gasteiger charge is -2.30. The smallest absolute Gasteiger partial charge is 0.240 e. The van der Waals surface area contributed by atoms with E-state index in [2.05, 4.69) is 11.4 Å². The first-order chi connectivity index (χ1) is 17.8. The number of nitrogens with zero attached hydrogens (tertiary/aromatic N) is 2. The van der Waals surface area contributed by atoms with Gasteiger partial charge >= 0.3 is 0 Å². The number of hydrogen-bond donors (Lipinski definition) is 1. The summed E-state index contributed by atoms with van der Waals surface area (Å²) >= 11 is 5.94. The van der Waals surface area contributed by atoms with Crippen LogP contribution >= 0.6 is 11.6 Å². The number of ether oxygens (including phenoxy) is 1. The van der Waals surface area contributed by atoms with Crippen LogP contribution in [0.1, 0.15) is 37.3 Å². The Morgan fingerprint density at radius 2 is 1.76 bits per heavy atom. The summed E-state index contributed by atoms with van der Waals surface area (Å²) < 4.78 is 6.41. The molecule has 0 aromatic heterocycles. The first-order valence-electron chi connectivity index (χ1n) is 12.3. The summed E-state index contributed by atoms with van der Waals surface area (Å²) in [6.07, 6.45) is 1.12. The molecule has 3 heterocycles. The van der Waals surface area contributed by atoms with Crippen molar-refractivity contribution in [3.63, 3.8) is 0 Å². The third-order valence-electron chi connectivity index (χ3n) is 8.14. The van der Waals surface area contributed by atoms with E-state index in [1.165, 1.54) is 4.90 Å². The molecule has 3 saturated heterocycles. The molecule has 3 fully saturated rings. The summed E-state index contributed by atoms with van der Waals surface area (Å²) in [6.45, 7) is 2.20. The van der Waals surface area contributed by atoms with Gasteiger partial charge in [0.25, 0.3) is 0 Å². The highest BCUT2D eigenvalue weighted by Gasteiger charge is 2.74. The zero-order chi connectivity index (χ0) is 25.9. The first-order valence-corrected chi connectivity index (χ1v) is 12.7. The van der Waals surface area contributed by atoms with Gasteiger partial charge in [-0.3, -0.25) is 14.4 Å². The predicted octanol–water partition coefficient (Wildman–Crippen LogP) is 4.50. The van der Waals surface area contributed by atoms with Gasteiger partial charge in [0.2, 0.25) is 17.7 Å². The average molecular weight is 514 g/mol. The normalized spacial score (nSPS) is 28.0. The number of imide groups is 1. The minimum absolute atomic E-state index is 0.00166. The Kier molecular flexibility index (Phi) is 5.37. The summed E-state index contributed by atoms with van der Waals surface area (Å²) in [4.78, 5) is 42.0. The number of nitriles is 1. The molecule has 0 spiro atoms. The van der Waals surface area contributed by atoms with E-state index in [4.69, 9.17) is 16.3 Å². The van der Waals surface area contributed by atoms with Crippen molar-refractivity contribution in [3.05, 3.63) is 76.8 Å². The molecule has 0 aliphatic carbocycles. The van der Waals surface area contributed by atoms with Crippen molar-refractivity contribution in [2.75, 3.05) is 4.90 Å². The summed E-state index contributed by atoms with van der Waals surface area (Å²) in [7, 11) is 0. The fraction of sp³-hybridized carbons (Fsp3) is 0.310. The van der Waals surface area contributed by atoms with Crippen molar-refractivity contribution in [2.24, 2.45) is 11.8 Å². The zero-order valence-corrected chi connectivity index (χ0v) is 20.9. The van der Waals surface area contributed by atoms with Gasteiger partial charge in [0.15, 0.2) is 0 Å². The van der Waals surface area contributed by atoms with Crippen molar-refractivity contribution in [2.45, 2.75) is 43.9 Å². The quantitative estimate of drug-likeness (QED) is 0.506. The maximum Gasteiger partial charge on any atom is 0.240 e. The maximum atomic E-state index is 13.9. The molecule has 37 heavy (non-hydrogen) atoms. The molecule has 2 bridgehead atoms. The van der Waals surface area contributed by atoms with Gasteiger partial charge in [-0.15, -0.1) is 0 Å². The van der Waals surface area contributed by atoms with Crippen LogP contribution in [-0.4, -0.2) is 28.9 Å². The van der Waals surface area contributed by atoms with Crippen molar-refractivity contribution < 1.29 is 19.1 Å². The Morgan fingerprint density at radius 1 is 1.05 bits per heavy atom. The number of nitrogens with one attached hydrogen (secondary N) is 1. The van der Waals surface area contributed by atoms with Gasteiger partial charge < -0.3 is 10.1 Å². The molecule has 3 aromatic rings. The van der Waals surface area contributed by atoms with Crippen LogP contribution < -0.4 is 10.2 Å². The average Bonchev–Trinajstić information content (AvgIpc) is 3.47. The van der Waals surface area contributed by atoms with Crippen molar-refractivity contribution in [1.82, 2.24) is 5.32 Å². The number of fused-ring (bicyclic) bond motifs is 6. The molecule has 6 rings (SSSR count). The van der Waals surface area contributed by atoms with Gasteiger partial charge in [-0.25, -0.2) is 4.90 Å². The Morgan fingerprint density at radius 3 is 2.49 bits per heavy atom. The number of benzene rings is 3. The van der Waals surface area contributed by atoms with Gasteiger partial charge in [0.1, 0.15) is 0 Å². The number of anilines is 1. The van der Waals surface area contributed by atoms with Gasteiger partial charge in [-0.05, 0) is 49.6 Å². The molecular weight excluding hydrogens is 490 g/mol. The van der Waals surface area contributed by atoms with E-state index >= 15 is 0 Å². The molecular formula is C29H24ClN3O4. The van der Waals surface area contributed by atoms with Crippen LogP contribution in [0.2, 0.25) is 5.02 Å². The van der Waals surface area contributed by atoms with Crippen LogP contribution in [0.25, 0.3) is 10.8 Å². The molecule has 4 atom stereocenters. The number of carbonyl (C=O) groups excluding carboxylic acids is 3. The minimum Gasteiger partial charge on any atom is -0.367 e. The summed E-state index contributed by atoms with van der Waals surface area (Å²) in [5.74, 6) is -2.29. The standard InChI is InChI=1S/C29H24ClN3O4/c1-28-12-13-29(37-28,14-23(34)32-16-17-6-9-19(30)10-7-17)25-24(28)26(35)33(27(25)36)22-11-8-18(15-31)20-4-2-3-5-21(20)22/h2-11,24-25H,12-14,16H2,1H3,(H,32,34)/t24-,25+,28-,29?/m1/s1. The highest BCUT2D eigenvalue weighted by atomic mass is 35.5.